The summed E-state index contributed by atoms with van der Waals surface area (Å²) in [5.74, 6) is 0. The Morgan fingerprint density at radius 2 is 1.45 bits per heavy atom. The summed E-state index contributed by atoms with van der Waals surface area (Å²) in [5, 5.41) is 6.47. The van der Waals surface area contributed by atoms with E-state index in [0.29, 0.717) is 6.10 Å². The molecule has 2 aromatic rings. The molecule has 1 fully saturated rings. The Labute approximate surface area is 195 Å². The molecule has 0 unspecified atom stereocenters. The molecule has 0 aromatic heterocycles. The number of rotatable bonds is 13. The maximum atomic E-state index is 6.56. The van der Waals surface area contributed by atoms with E-state index in [1.54, 1.807) is 5.39 Å². The van der Waals surface area contributed by atoms with Gasteiger partial charge in [0.2, 0.25) is 0 Å². The van der Waals surface area contributed by atoms with Crippen molar-refractivity contribution in [2.75, 3.05) is 13.1 Å². The SMILES string of the molecule is CCC[CH2][Sn]([CH2]CCC)([CH2]CCC)[c]1c(COC2CCNCC2)ccc2ccccc12. The molecule has 1 saturated heterocycles. The minimum atomic E-state index is -2.59. The first kappa shape index (κ1) is 25.0. The van der Waals surface area contributed by atoms with Gasteiger partial charge in [-0.1, -0.05) is 0 Å². The molecule has 1 N–H and O–H groups in total. The molecule has 0 amide bonds. The molecule has 172 valence electrons. The Kier molecular flexibility index (Phi) is 10.7. The first-order valence-corrected chi connectivity index (χ1v) is 20.6. The fraction of sp³-hybridized carbons (Fsp3) is 0.643. The molecule has 1 heterocycles. The second kappa shape index (κ2) is 13.2. The van der Waals surface area contributed by atoms with E-state index in [1.807, 2.05) is 3.58 Å². The van der Waals surface area contributed by atoms with E-state index >= 15 is 0 Å². The Bertz CT molecular complexity index is 762. The van der Waals surface area contributed by atoms with Crippen LogP contribution in [0, 0.1) is 0 Å². The Hall–Kier alpha value is -0.581. The third-order valence-electron chi connectivity index (χ3n) is 7.33. The Balaban J connectivity index is 2.05. The van der Waals surface area contributed by atoms with E-state index in [4.69, 9.17) is 4.74 Å². The summed E-state index contributed by atoms with van der Waals surface area (Å²) in [6.07, 6.45) is 10.9. The summed E-state index contributed by atoms with van der Waals surface area (Å²) in [5.41, 5.74) is 1.54. The van der Waals surface area contributed by atoms with Gasteiger partial charge in [0.15, 0.2) is 0 Å². The van der Waals surface area contributed by atoms with Gasteiger partial charge >= 0.3 is 196 Å². The molecule has 3 rings (SSSR count). The van der Waals surface area contributed by atoms with Crippen LogP contribution in [-0.4, -0.2) is 37.6 Å². The van der Waals surface area contributed by atoms with Crippen LogP contribution in [0.1, 0.15) is 77.7 Å². The van der Waals surface area contributed by atoms with Gasteiger partial charge in [-0.25, -0.2) is 0 Å². The number of hydrogen-bond acceptors (Lipinski definition) is 2. The van der Waals surface area contributed by atoms with Crippen molar-refractivity contribution in [3.63, 3.8) is 0 Å². The number of piperidine rings is 1. The number of hydrogen-bond donors (Lipinski definition) is 1. The van der Waals surface area contributed by atoms with Crippen molar-refractivity contribution < 1.29 is 4.74 Å². The van der Waals surface area contributed by atoms with Gasteiger partial charge in [0, 0.05) is 0 Å². The van der Waals surface area contributed by atoms with Crippen molar-refractivity contribution in [2.45, 2.75) is 98.2 Å². The topological polar surface area (TPSA) is 21.3 Å². The Morgan fingerprint density at radius 1 is 0.839 bits per heavy atom. The zero-order chi connectivity index (χ0) is 21.9. The molecular formula is C28H45NOSn. The molecule has 0 aliphatic carbocycles. The summed E-state index contributed by atoms with van der Waals surface area (Å²) < 4.78 is 12.9. The van der Waals surface area contributed by atoms with Crippen LogP contribution in [0.2, 0.25) is 13.3 Å². The molecule has 2 nitrogen and oxygen atoms in total. The molecule has 2 aromatic carbocycles. The fourth-order valence-electron chi connectivity index (χ4n) is 5.53. The molecular weight excluding hydrogens is 485 g/mol. The second-order valence-corrected chi connectivity index (χ2v) is 22.7. The summed E-state index contributed by atoms with van der Waals surface area (Å²) in [6.45, 7) is 10.1. The third kappa shape index (κ3) is 6.71. The van der Waals surface area contributed by atoms with Crippen molar-refractivity contribution >= 4 is 32.7 Å². The van der Waals surface area contributed by atoms with Crippen molar-refractivity contribution in [1.29, 1.82) is 0 Å². The molecule has 0 bridgehead atoms. The van der Waals surface area contributed by atoms with Gasteiger partial charge in [0.1, 0.15) is 0 Å². The van der Waals surface area contributed by atoms with Gasteiger partial charge in [0.05, 0.1) is 0 Å². The van der Waals surface area contributed by atoms with E-state index in [1.165, 1.54) is 62.8 Å². The van der Waals surface area contributed by atoms with Crippen LogP contribution >= 0.6 is 0 Å². The third-order valence-corrected chi connectivity index (χ3v) is 23.3. The minimum absolute atomic E-state index is 0.423. The van der Waals surface area contributed by atoms with Crippen LogP contribution < -0.4 is 8.90 Å². The first-order chi connectivity index (χ1) is 15.2. The quantitative estimate of drug-likeness (QED) is 0.278. The first-order valence-electron chi connectivity index (χ1n) is 13.1. The van der Waals surface area contributed by atoms with Gasteiger partial charge in [-0.05, 0) is 0 Å². The normalized spacial score (nSPS) is 15.6. The molecule has 0 saturated carbocycles. The van der Waals surface area contributed by atoms with Crippen LogP contribution in [0.25, 0.3) is 10.8 Å². The number of benzene rings is 2. The van der Waals surface area contributed by atoms with Crippen LogP contribution in [0.4, 0.5) is 0 Å². The molecule has 0 spiro atoms. The van der Waals surface area contributed by atoms with Crippen molar-refractivity contribution in [3.05, 3.63) is 42.0 Å². The molecule has 1 aliphatic rings. The van der Waals surface area contributed by atoms with E-state index in [-0.39, 0.29) is 0 Å². The van der Waals surface area contributed by atoms with E-state index in [2.05, 4.69) is 62.5 Å². The van der Waals surface area contributed by atoms with Crippen LogP contribution in [0.5, 0.6) is 0 Å². The van der Waals surface area contributed by atoms with E-state index in [0.717, 1.165) is 32.5 Å². The molecule has 0 atom stereocenters. The van der Waals surface area contributed by atoms with E-state index < -0.39 is 18.4 Å². The van der Waals surface area contributed by atoms with Gasteiger partial charge in [0.25, 0.3) is 0 Å². The van der Waals surface area contributed by atoms with Crippen LogP contribution in [-0.2, 0) is 11.3 Å². The van der Waals surface area contributed by atoms with E-state index in [9.17, 15) is 0 Å². The average Bonchev–Trinajstić information content (AvgIpc) is 2.83. The second-order valence-electron chi connectivity index (χ2n) is 9.67. The van der Waals surface area contributed by atoms with Crippen LogP contribution in [0.15, 0.2) is 36.4 Å². The van der Waals surface area contributed by atoms with Crippen molar-refractivity contribution in [3.8, 4) is 0 Å². The number of ether oxygens (including phenoxy) is 1. The van der Waals surface area contributed by atoms with Gasteiger partial charge in [-0.15, -0.1) is 0 Å². The molecule has 0 radical (unpaired) electrons. The monoisotopic (exact) mass is 531 g/mol. The molecule has 1 aliphatic heterocycles. The number of nitrogens with one attached hydrogen (secondary N) is 1. The molecule has 31 heavy (non-hydrogen) atoms. The summed E-state index contributed by atoms with van der Waals surface area (Å²) >= 11 is -2.59. The predicted molar refractivity (Wildman–Crippen MR) is 139 cm³/mol. The average molecular weight is 530 g/mol. The zero-order valence-electron chi connectivity index (χ0n) is 20.3. The predicted octanol–water partition coefficient (Wildman–Crippen LogP) is 7.16. The maximum absolute atomic E-state index is 6.56. The summed E-state index contributed by atoms with van der Waals surface area (Å²) in [4.78, 5) is 0. The van der Waals surface area contributed by atoms with Crippen molar-refractivity contribution in [1.82, 2.24) is 5.32 Å². The summed E-state index contributed by atoms with van der Waals surface area (Å²) in [7, 11) is 0. The fourth-order valence-corrected chi connectivity index (χ4v) is 23.3. The molecule has 3 heteroatoms. The number of fused-ring (bicyclic) bond motifs is 1. The van der Waals surface area contributed by atoms with Crippen LogP contribution in [0.3, 0.4) is 0 Å². The van der Waals surface area contributed by atoms with Gasteiger partial charge in [-0.2, -0.15) is 0 Å². The zero-order valence-corrected chi connectivity index (χ0v) is 23.2. The van der Waals surface area contributed by atoms with Gasteiger partial charge < -0.3 is 0 Å². The van der Waals surface area contributed by atoms with Gasteiger partial charge in [-0.3, -0.25) is 0 Å². The summed E-state index contributed by atoms with van der Waals surface area (Å²) in [6, 6.07) is 14.0. The van der Waals surface area contributed by atoms with Crippen molar-refractivity contribution in [2.24, 2.45) is 0 Å². The Morgan fingerprint density at radius 3 is 2.06 bits per heavy atom. The standard InChI is InChI=1S/C16H18NO.3C4H9.Sn/c1-2-4-15-11-13(5-6-14(15)3-1)12-18-16-7-9-17-10-8-16;3*1-3-4-2;/h1-6,16-17H,7-10,12H2;3*1,3-4H2,2H3;. The number of unbranched alkanes of at least 4 members (excludes halogenated alkanes) is 3.